The summed E-state index contributed by atoms with van der Waals surface area (Å²) in [6, 6.07) is 11.0. The molecule has 26 heavy (non-hydrogen) atoms. The second-order valence-electron chi connectivity index (χ2n) is 6.43. The Labute approximate surface area is 150 Å². The van der Waals surface area contributed by atoms with Gasteiger partial charge in [0.1, 0.15) is 11.3 Å². The molecule has 2 aromatic carbocycles. The summed E-state index contributed by atoms with van der Waals surface area (Å²) in [6.07, 6.45) is 0. The number of nitrogens with one attached hydrogen (secondary N) is 1. The van der Waals surface area contributed by atoms with Crippen molar-refractivity contribution in [2.75, 3.05) is 23.9 Å². The highest BCUT2D eigenvalue weighted by atomic mass is 16.5. The third-order valence-corrected chi connectivity index (χ3v) is 4.60. The SMILES string of the molecule is Cc1ccc2c(C)c(C(=O)Nc3ccc4c(c3)N(C)C(=O)CO4)oc2c1. The number of hydrogen-bond donors (Lipinski definition) is 1. The first-order valence-electron chi connectivity index (χ1n) is 8.28. The van der Waals surface area contributed by atoms with Gasteiger partial charge in [-0.1, -0.05) is 12.1 Å². The number of likely N-dealkylation sites (N-methyl/N-ethyl adjacent to an activating group) is 1. The summed E-state index contributed by atoms with van der Waals surface area (Å²) in [6.45, 7) is 3.86. The number of hydrogen-bond acceptors (Lipinski definition) is 4. The molecule has 1 aliphatic heterocycles. The van der Waals surface area contributed by atoms with E-state index in [1.807, 2.05) is 32.0 Å². The highest BCUT2D eigenvalue weighted by Gasteiger charge is 2.23. The summed E-state index contributed by atoms with van der Waals surface area (Å²) in [5, 5.41) is 3.76. The minimum Gasteiger partial charge on any atom is -0.482 e. The van der Waals surface area contributed by atoms with Gasteiger partial charge in [-0.05, 0) is 43.7 Å². The number of aryl methyl sites for hydroxylation is 2. The van der Waals surface area contributed by atoms with Gasteiger partial charge in [0.2, 0.25) is 0 Å². The van der Waals surface area contributed by atoms with E-state index in [1.165, 1.54) is 4.90 Å². The van der Waals surface area contributed by atoms with Crippen molar-refractivity contribution in [2.24, 2.45) is 0 Å². The fraction of sp³-hybridized carbons (Fsp3) is 0.200. The van der Waals surface area contributed by atoms with Crippen molar-refractivity contribution in [1.82, 2.24) is 0 Å². The number of fused-ring (bicyclic) bond motifs is 2. The Kier molecular flexibility index (Phi) is 3.68. The van der Waals surface area contributed by atoms with Gasteiger partial charge >= 0.3 is 0 Å². The van der Waals surface area contributed by atoms with Gasteiger partial charge in [0.25, 0.3) is 11.8 Å². The number of rotatable bonds is 2. The smallest absolute Gasteiger partial charge is 0.291 e. The highest BCUT2D eigenvalue weighted by Crippen LogP contribution is 2.34. The predicted molar refractivity (Wildman–Crippen MR) is 99.0 cm³/mol. The summed E-state index contributed by atoms with van der Waals surface area (Å²) >= 11 is 0. The van der Waals surface area contributed by atoms with Gasteiger partial charge in [-0.2, -0.15) is 0 Å². The van der Waals surface area contributed by atoms with Crippen molar-refractivity contribution in [2.45, 2.75) is 13.8 Å². The molecule has 6 heteroatoms. The molecule has 0 fully saturated rings. The van der Waals surface area contributed by atoms with Gasteiger partial charge in [-0.15, -0.1) is 0 Å². The summed E-state index contributed by atoms with van der Waals surface area (Å²) in [7, 11) is 1.68. The van der Waals surface area contributed by atoms with Crippen molar-refractivity contribution in [3.63, 3.8) is 0 Å². The van der Waals surface area contributed by atoms with Gasteiger partial charge in [-0.25, -0.2) is 0 Å². The van der Waals surface area contributed by atoms with E-state index in [0.29, 0.717) is 22.7 Å². The molecule has 0 radical (unpaired) electrons. The largest absolute Gasteiger partial charge is 0.482 e. The van der Waals surface area contributed by atoms with Crippen LogP contribution in [0, 0.1) is 13.8 Å². The van der Waals surface area contributed by atoms with Gasteiger partial charge < -0.3 is 19.4 Å². The van der Waals surface area contributed by atoms with Crippen LogP contribution in [0.2, 0.25) is 0 Å². The third kappa shape index (κ3) is 2.60. The molecule has 132 valence electrons. The van der Waals surface area contributed by atoms with Gasteiger partial charge in [0.05, 0.1) is 5.69 Å². The topological polar surface area (TPSA) is 71.8 Å². The van der Waals surface area contributed by atoms with E-state index < -0.39 is 0 Å². The van der Waals surface area contributed by atoms with Crippen molar-refractivity contribution in [1.29, 1.82) is 0 Å². The van der Waals surface area contributed by atoms with Crippen molar-refractivity contribution >= 4 is 34.2 Å². The van der Waals surface area contributed by atoms with E-state index in [-0.39, 0.29) is 24.2 Å². The molecule has 0 bridgehead atoms. The Morgan fingerprint density at radius 1 is 1.15 bits per heavy atom. The Morgan fingerprint density at radius 3 is 2.77 bits per heavy atom. The van der Waals surface area contributed by atoms with E-state index in [1.54, 1.807) is 25.2 Å². The second kappa shape index (κ2) is 5.91. The molecule has 2 amide bonds. The fourth-order valence-corrected chi connectivity index (χ4v) is 3.09. The van der Waals surface area contributed by atoms with Crippen molar-refractivity contribution in [3.05, 3.63) is 53.3 Å². The Morgan fingerprint density at radius 2 is 1.96 bits per heavy atom. The number of carbonyl (C=O) groups is 2. The Balaban J connectivity index is 1.65. The zero-order valence-electron chi connectivity index (χ0n) is 14.8. The van der Waals surface area contributed by atoms with E-state index in [4.69, 9.17) is 9.15 Å². The molecule has 1 aromatic heterocycles. The molecule has 0 aliphatic carbocycles. The first-order valence-corrected chi connectivity index (χ1v) is 8.28. The van der Waals surface area contributed by atoms with Crippen molar-refractivity contribution in [3.8, 4) is 5.75 Å². The Bertz CT molecular complexity index is 1050. The molecule has 1 aliphatic rings. The van der Waals surface area contributed by atoms with Crippen LogP contribution >= 0.6 is 0 Å². The molecule has 2 heterocycles. The summed E-state index contributed by atoms with van der Waals surface area (Å²) in [5.74, 6) is 0.427. The number of furan rings is 1. The molecule has 4 rings (SSSR count). The van der Waals surface area contributed by atoms with Gasteiger partial charge in [-0.3, -0.25) is 9.59 Å². The number of nitrogens with zero attached hydrogens (tertiary/aromatic N) is 1. The normalized spacial score (nSPS) is 13.5. The maximum absolute atomic E-state index is 12.7. The number of anilines is 2. The first kappa shape index (κ1) is 16.2. The van der Waals surface area contributed by atoms with Crippen LogP contribution in [0.1, 0.15) is 21.7 Å². The lowest BCUT2D eigenvalue weighted by atomic mass is 10.1. The van der Waals surface area contributed by atoms with Gasteiger partial charge in [0.15, 0.2) is 12.4 Å². The van der Waals surface area contributed by atoms with E-state index >= 15 is 0 Å². The third-order valence-electron chi connectivity index (χ3n) is 4.60. The summed E-state index contributed by atoms with van der Waals surface area (Å²) in [5.41, 5.74) is 3.74. The average molecular weight is 350 g/mol. The van der Waals surface area contributed by atoms with Gasteiger partial charge in [0, 0.05) is 23.7 Å². The first-order chi connectivity index (χ1) is 12.4. The lowest BCUT2D eigenvalue weighted by Crippen LogP contribution is -2.35. The van der Waals surface area contributed by atoms with E-state index in [0.717, 1.165) is 16.5 Å². The zero-order chi connectivity index (χ0) is 18.4. The molecule has 1 N–H and O–H groups in total. The number of amides is 2. The average Bonchev–Trinajstić information content (AvgIpc) is 2.94. The van der Waals surface area contributed by atoms with Crippen LogP contribution in [-0.4, -0.2) is 25.5 Å². The lowest BCUT2D eigenvalue weighted by Gasteiger charge is -2.26. The molecule has 3 aromatic rings. The van der Waals surface area contributed by atoms with Crippen LogP contribution < -0.4 is 15.0 Å². The van der Waals surface area contributed by atoms with Crippen molar-refractivity contribution < 1.29 is 18.7 Å². The Hall–Kier alpha value is -3.28. The number of carbonyl (C=O) groups excluding carboxylic acids is 2. The molecule has 6 nitrogen and oxygen atoms in total. The number of benzene rings is 2. The minimum absolute atomic E-state index is 0.0206. The maximum atomic E-state index is 12.7. The minimum atomic E-state index is -0.331. The zero-order valence-corrected chi connectivity index (χ0v) is 14.8. The quantitative estimate of drug-likeness (QED) is 0.766. The monoisotopic (exact) mass is 350 g/mol. The lowest BCUT2D eigenvalue weighted by molar-refractivity contribution is -0.120. The predicted octanol–water partition coefficient (Wildman–Crippen LogP) is 3.66. The van der Waals surface area contributed by atoms with Crippen LogP contribution in [0.15, 0.2) is 40.8 Å². The molecule has 0 saturated heterocycles. The van der Waals surface area contributed by atoms with Crippen LogP contribution in [0.25, 0.3) is 11.0 Å². The fourth-order valence-electron chi connectivity index (χ4n) is 3.09. The van der Waals surface area contributed by atoms with Crippen LogP contribution in [0.5, 0.6) is 5.75 Å². The summed E-state index contributed by atoms with van der Waals surface area (Å²) < 4.78 is 11.2. The van der Waals surface area contributed by atoms with Crippen LogP contribution in [-0.2, 0) is 4.79 Å². The summed E-state index contributed by atoms with van der Waals surface area (Å²) in [4.78, 5) is 26.0. The molecular weight excluding hydrogens is 332 g/mol. The molecule has 0 spiro atoms. The molecular formula is C20H18N2O4. The van der Waals surface area contributed by atoms with E-state index in [9.17, 15) is 9.59 Å². The van der Waals surface area contributed by atoms with Crippen LogP contribution in [0.3, 0.4) is 0 Å². The number of ether oxygens (including phenoxy) is 1. The standard InChI is InChI=1S/C20H18N2O4/c1-11-4-6-14-12(2)19(26-17(14)8-11)20(24)21-13-5-7-16-15(9-13)22(3)18(23)10-25-16/h4-9H,10H2,1-3H3,(H,21,24). The molecule has 0 atom stereocenters. The van der Waals surface area contributed by atoms with E-state index in [2.05, 4.69) is 5.32 Å². The second-order valence-corrected chi connectivity index (χ2v) is 6.43. The molecule has 0 unspecified atom stereocenters. The molecule has 0 saturated carbocycles. The van der Waals surface area contributed by atoms with Crippen LogP contribution in [0.4, 0.5) is 11.4 Å². The highest BCUT2D eigenvalue weighted by molar-refractivity contribution is 6.07. The maximum Gasteiger partial charge on any atom is 0.291 e.